The van der Waals surface area contributed by atoms with Crippen molar-refractivity contribution < 1.29 is 18.3 Å². The quantitative estimate of drug-likeness (QED) is 0.795. The lowest BCUT2D eigenvalue weighted by Crippen LogP contribution is -2.29. The van der Waals surface area contributed by atoms with E-state index in [-0.39, 0.29) is 19.7 Å². The molecule has 1 amide bonds. The minimum atomic E-state index is -1.60. The predicted octanol–water partition coefficient (Wildman–Crippen LogP) is 2.32. The zero-order chi connectivity index (χ0) is 12.3. The zero-order valence-corrected chi connectivity index (χ0v) is 9.18. The Kier molecular flexibility index (Phi) is 3.56. The average Bonchev–Trinajstić information content (AvgIpc) is 2.68. The van der Waals surface area contributed by atoms with Gasteiger partial charge in [0.2, 0.25) is 0 Å². The third-order valence-corrected chi connectivity index (χ3v) is 2.65. The number of likely N-dealkylation sites (tertiary alicyclic amines) is 1. The molecule has 3 nitrogen and oxygen atoms in total. The van der Waals surface area contributed by atoms with Gasteiger partial charge in [-0.1, -0.05) is 30.3 Å². The standard InChI is InChI=1S/C12H13F2NO2/c13-10-6-15(7-11(10)14)12(16)17-8-9-4-2-1-3-5-9/h1-5,10-11H,6-8H2/t10-,11-/m1/s1. The van der Waals surface area contributed by atoms with Crippen LogP contribution in [-0.2, 0) is 11.3 Å². The van der Waals surface area contributed by atoms with Crippen LogP contribution in [0.3, 0.4) is 0 Å². The molecule has 1 aromatic carbocycles. The van der Waals surface area contributed by atoms with Gasteiger partial charge in [0.05, 0.1) is 13.1 Å². The largest absolute Gasteiger partial charge is 0.445 e. The summed E-state index contributed by atoms with van der Waals surface area (Å²) in [6.07, 6.45) is -3.87. The van der Waals surface area contributed by atoms with E-state index in [9.17, 15) is 13.6 Å². The van der Waals surface area contributed by atoms with Gasteiger partial charge in [0.25, 0.3) is 0 Å². The second-order valence-electron chi connectivity index (χ2n) is 3.98. The van der Waals surface area contributed by atoms with Gasteiger partial charge in [0.15, 0.2) is 12.3 Å². The lowest BCUT2D eigenvalue weighted by atomic mass is 10.2. The van der Waals surface area contributed by atoms with E-state index in [4.69, 9.17) is 4.74 Å². The van der Waals surface area contributed by atoms with E-state index in [1.165, 1.54) is 0 Å². The highest BCUT2D eigenvalue weighted by atomic mass is 19.2. The van der Waals surface area contributed by atoms with Gasteiger partial charge in [-0.2, -0.15) is 0 Å². The van der Waals surface area contributed by atoms with Crippen LogP contribution in [-0.4, -0.2) is 36.4 Å². The van der Waals surface area contributed by atoms with E-state index in [1.54, 1.807) is 0 Å². The third kappa shape index (κ3) is 2.93. The smallest absolute Gasteiger partial charge is 0.410 e. The van der Waals surface area contributed by atoms with E-state index >= 15 is 0 Å². The number of amides is 1. The Hall–Kier alpha value is -1.65. The number of hydrogen-bond donors (Lipinski definition) is 0. The van der Waals surface area contributed by atoms with Crippen molar-refractivity contribution in [1.82, 2.24) is 4.90 Å². The highest BCUT2D eigenvalue weighted by molar-refractivity contribution is 5.68. The van der Waals surface area contributed by atoms with E-state index < -0.39 is 18.4 Å². The molecule has 1 fully saturated rings. The van der Waals surface area contributed by atoms with Gasteiger partial charge < -0.3 is 9.64 Å². The van der Waals surface area contributed by atoms with Crippen molar-refractivity contribution in [3.05, 3.63) is 35.9 Å². The van der Waals surface area contributed by atoms with Crippen LogP contribution in [0, 0.1) is 0 Å². The molecule has 1 aliphatic heterocycles. The summed E-state index contributed by atoms with van der Waals surface area (Å²) in [6, 6.07) is 9.13. The molecule has 1 aliphatic rings. The van der Waals surface area contributed by atoms with Crippen LogP contribution in [0.4, 0.5) is 13.6 Å². The topological polar surface area (TPSA) is 29.5 Å². The van der Waals surface area contributed by atoms with Crippen LogP contribution in [0.2, 0.25) is 0 Å². The molecule has 0 aromatic heterocycles. The van der Waals surface area contributed by atoms with Gasteiger partial charge in [0.1, 0.15) is 6.61 Å². The predicted molar refractivity (Wildman–Crippen MR) is 58.0 cm³/mol. The van der Waals surface area contributed by atoms with Crippen molar-refractivity contribution in [3.63, 3.8) is 0 Å². The van der Waals surface area contributed by atoms with Crippen LogP contribution < -0.4 is 0 Å². The minimum absolute atomic E-state index is 0.115. The van der Waals surface area contributed by atoms with Gasteiger partial charge in [-0.3, -0.25) is 0 Å². The number of hydrogen-bond acceptors (Lipinski definition) is 2. The first kappa shape index (κ1) is 11.8. The Balaban J connectivity index is 1.82. The van der Waals surface area contributed by atoms with E-state index in [1.807, 2.05) is 30.3 Å². The molecule has 0 spiro atoms. The molecule has 92 valence electrons. The van der Waals surface area contributed by atoms with Gasteiger partial charge in [0, 0.05) is 0 Å². The van der Waals surface area contributed by atoms with Gasteiger partial charge in [-0.05, 0) is 5.56 Å². The number of nitrogens with zero attached hydrogens (tertiary/aromatic N) is 1. The van der Waals surface area contributed by atoms with Crippen LogP contribution >= 0.6 is 0 Å². The maximum absolute atomic E-state index is 12.9. The molecule has 17 heavy (non-hydrogen) atoms. The number of benzene rings is 1. The highest BCUT2D eigenvalue weighted by Gasteiger charge is 2.36. The Morgan fingerprint density at radius 2 is 1.82 bits per heavy atom. The number of ether oxygens (including phenoxy) is 1. The first-order valence-corrected chi connectivity index (χ1v) is 5.40. The Bertz CT molecular complexity index is 375. The number of carbonyl (C=O) groups is 1. The molecule has 2 rings (SSSR count). The van der Waals surface area contributed by atoms with Crippen molar-refractivity contribution in [2.45, 2.75) is 19.0 Å². The molecule has 0 radical (unpaired) electrons. The molecule has 1 aromatic rings. The lowest BCUT2D eigenvalue weighted by Gasteiger charge is -2.14. The molecule has 0 unspecified atom stereocenters. The zero-order valence-electron chi connectivity index (χ0n) is 9.18. The lowest BCUT2D eigenvalue weighted by molar-refractivity contribution is 0.101. The Morgan fingerprint density at radius 3 is 2.41 bits per heavy atom. The first-order chi connectivity index (χ1) is 8.16. The number of halogens is 2. The molecule has 1 saturated heterocycles. The second-order valence-corrected chi connectivity index (χ2v) is 3.98. The maximum atomic E-state index is 12.9. The molecule has 0 N–H and O–H groups in total. The minimum Gasteiger partial charge on any atom is -0.445 e. The van der Waals surface area contributed by atoms with Gasteiger partial charge in [-0.25, -0.2) is 13.6 Å². The number of carbonyl (C=O) groups excluding carboxylic acids is 1. The van der Waals surface area contributed by atoms with Crippen LogP contribution in [0.5, 0.6) is 0 Å². The van der Waals surface area contributed by atoms with Crippen LogP contribution in [0.1, 0.15) is 5.56 Å². The molecular formula is C12H13F2NO2. The average molecular weight is 241 g/mol. The van der Waals surface area contributed by atoms with Crippen LogP contribution in [0.25, 0.3) is 0 Å². The summed E-state index contributed by atoms with van der Waals surface area (Å²) >= 11 is 0. The van der Waals surface area contributed by atoms with E-state index in [2.05, 4.69) is 0 Å². The van der Waals surface area contributed by atoms with E-state index in [0.29, 0.717) is 0 Å². The summed E-state index contributed by atoms with van der Waals surface area (Å²) in [5, 5.41) is 0. The van der Waals surface area contributed by atoms with Gasteiger partial charge in [-0.15, -0.1) is 0 Å². The fraction of sp³-hybridized carbons (Fsp3) is 0.417. The molecular weight excluding hydrogens is 228 g/mol. The molecule has 0 saturated carbocycles. The molecule has 5 heteroatoms. The molecule has 0 bridgehead atoms. The van der Waals surface area contributed by atoms with Crippen molar-refractivity contribution in [3.8, 4) is 0 Å². The highest BCUT2D eigenvalue weighted by Crippen LogP contribution is 2.17. The maximum Gasteiger partial charge on any atom is 0.410 e. The molecule has 2 atom stereocenters. The third-order valence-electron chi connectivity index (χ3n) is 2.65. The Morgan fingerprint density at radius 1 is 1.24 bits per heavy atom. The molecule has 0 aliphatic carbocycles. The molecule has 1 heterocycles. The summed E-state index contributed by atoms with van der Waals surface area (Å²) in [4.78, 5) is 12.5. The van der Waals surface area contributed by atoms with Crippen LogP contribution in [0.15, 0.2) is 30.3 Å². The summed E-state index contributed by atoms with van der Waals surface area (Å²) in [5.41, 5.74) is 0.841. The van der Waals surface area contributed by atoms with Crippen molar-refractivity contribution in [2.24, 2.45) is 0 Å². The van der Waals surface area contributed by atoms with Crippen molar-refractivity contribution in [1.29, 1.82) is 0 Å². The van der Waals surface area contributed by atoms with E-state index in [0.717, 1.165) is 10.5 Å². The summed E-state index contributed by atoms with van der Waals surface area (Å²) < 4.78 is 30.7. The number of rotatable bonds is 2. The van der Waals surface area contributed by atoms with Gasteiger partial charge >= 0.3 is 6.09 Å². The number of alkyl halides is 2. The normalized spacial score (nSPS) is 23.8. The van der Waals surface area contributed by atoms with Crippen molar-refractivity contribution in [2.75, 3.05) is 13.1 Å². The fourth-order valence-corrected chi connectivity index (χ4v) is 1.68. The summed E-state index contributed by atoms with van der Waals surface area (Å²) in [6.45, 7) is -0.340. The fourth-order valence-electron chi connectivity index (χ4n) is 1.68. The monoisotopic (exact) mass is 241 g/mol. The second kappa shape index (κ2) is 5.12. The summed E-state index contributed by atoms with van der Waals surface area (Å²) in [7, 11) is 0. The van der Waals surface area contributed by atoms with Crippen molar-refractivity contribution >= 4 is 6.09 Å². The summed E-state index contributed by atoms with van der Waals surface area (Å²) in [5.74, 6) is 0. The Labute approximate surface area is 98.0 Å². The SMILES string of the molecule is O=C(OCc1ccccc1)N1C[C@@H](F)[C@H](F)C1. The first-order valence-electron chi connectivity index (χ1n) is 5.40.